The molecule has 0 aliphatic heterocycles. The SMILES string of the molecule is CCC(=O)OC(C(=O)NC1([C@@H](NS(=O)C(C)(C)C)c2ccccc2)c2ccccc2-c2ccccc21)C(C)C. The number of benzene rings is 3. The van der Waals surface area contributed by atoms with E-state index in [9.17, 15) is 13.8 Å². The fraction of sp³-hybridized carbons (Fsp3) is 0.375. The predicted octanol–water partition coefficient (Wildman–Crippen LogP) is 5.80. The van der Waals surface area contributed by atoms with Crippen molar-refractivity contribution in [2.75, 3.05) is 0 Å². The zero-order chi connectivity index (χ0) is 28.4. The van der Waals surface area contributed by atoms with Crippen LogP contribution in [0.15, 0.2) is 78.9 Å². The van der Waals surface area contributed by atoms with Gasteiger partial charge in [-0.2, -0.15) is 0 Å². The Morgan fingerprint density at radius 2 is 1.38 bits per heavy atom. The number of hydrogen-bond acceptors (Lipinski definition) is 4. The van der Waals surface area contributed by atoms with Gasteiger partial charge in [-0.15, -0.1) is 0 Å². The summed E-state index contributed by atoms with van der Waals surface area (Å²) in [4.78, 5) is 26.4. The molecule has 1 aliphatic rings. The fourth-order valence-electron chi connectivity index (χ4n) is 5.11. The first-order chi connectivity index (χ1) is 18.5. The molecule has 0 bridgehead atoms. The molecule has 3 aromatic rings. The van der Waals surface area contributed by atoms with E-state index >= 15 is 0 Å². The minimum absolute atomic E-state index is 0.173. The smallest absolute Gasteiger partial charge is 0.306 e. The molecule has 0 fully saturated rings. The van der Waals surface area contributed by atoms with Gasteiger partial charge >= 0.3 is 5.97 Å². The second kappa shape index (κ2) is 11.4. The largest absolute Gasteiger partial charge is 0.452 e. The number of esters is 1. The van der Waals surface area contributed by atoms with Gasteiger partial charge in [0.1, 0.15) is 5.54 Å². The highest BCUT2D eigenvalue weighted by atomic mass is 32.2. The lowest BCUT2D eigenvalue weighted by atomic mass is 9.77. The van der Waals surface area contributed by atoms with E-state index in [0.717, 1.165) is 27.8 Å². The maximum Gasteiger partial charge on any atom is 0.306 e. The molecule has 0 saturated carbocycles. The number of hydrogen-bond donors (Lipinski definition) is 2. The molecule has 6 nitrogen and oxygen atoms in total. The summed E-state index contributed by atoms with van der Waals surface area (Å²) in [6, 6.07) is 25.1. The molecule has 2 unspecified atom stereocenters. The Bertz CT molecular complexity index is 1320. The molecule has 206 valence electrons. The summed E-state index contributed by atoms with van der Waals surface area (Å²) in [5.41, 5.74) is 3.48. The van der Waals surface area contributed by atoms with Gasteiger partial charge < -0.3 is 10.1 Å². The van der Waals surface area contributed by atoms with Crippen molar-refractivity contribution in [3.8, 4) is 11.1 Å². The van der Waals surface area contributed by atoms with Gasteiger partial charge in [0.25, 0.3) is 5.91 Å². The fourth-order valence-corrected chi connectivity index (χ4v) is 5.99. The molecular weight excluding hydrogens is 508 g/mol. The number of rotatable bonds is 9. The molecule has 39 heavy (non-hydrogen) atoms. The molecule has 1 amide bonds. The van der Waals surface area contributed by atoms with Crippen LogP contribution in [0.2, 0.25) is 0 Å². The third-order valence-electron chi connectivity index (χ3n) is 7.07. The Labute approximate surface area is 234 Å². The van der Waals surface area contributed by atoms with E-state index in [1.807, 2.05) is 113 Å². The van der Waals surface area contributed by atoms with Crippen LogP contribution >= 0.6 is 0 Å². The summed E-state index contributed by atoms with van der Waals surface area (Å²) < 4.78 is 22.2. The van der Waals surface area contributed by atoms with Crippen LogP contribution in [0.5, 0.6) is 0 Å². The van der Waals surface area contributed by atoms with Crippen molar-refractivity contribution in [2.24, 2.45) is 5.92 Å². The minimum Gasteiger partial charge on any atom is -0.452 e. The first kappa shape index (κ1) is 28.7. The molecule has 3 atom stereocenters. The first-order valence-corrected chi connectivity index (χ1v) is 14.6. The highest BCUT2D eigenvalue weighted by molar-refractivity contribution is 7.84. The van der Waals surface area contributed by atoms with Crippen LogP contribution < -0.4 is 10.0 Å². The van der Waals surface area contributed by atoms with Gasteiger partial charge in [0, 0.05) is 6.42 Å². The average molecular weight is 547 g/mol. The van der Waals surface area contributed by atoms with Crippen LogP contribution in [-0.4, -0.2) is 26.9 Å². The standard InChI is InChI=1S/C32H38N2O4S/c1-7-27(35)38-28(21(2)3)30(36)33-32(25-19-13-11-17-23(25)24-18-12-14-20-26(24)32)29(22-15-9-8-10-16-22)34-39(37)31(4,5)6/h8-21,28-29,34H,7H2,1-6H3,(H,33,36)/t28?,29-,39?/m0/s1. The van der Waals surface area contributed by atoms with Gasteiger partial charge in [0.05, 0.1) is 21.8 Å². The maximum atomic E-state index is 14.1. The molecule has 1 aliphatic carbocycles. The number of carbonyl (C=O) groups is 2. The zero-order valence-corrected chi connectivity index (χ0v) is 24.3. The molecule has 0 heterocycles. The van der Waals surface area contributed by atoms with Crippen LogP contribution in [0.25, 0.3) is 11.1 Å². The van der Waals surface area contributed by atoms with Crippen LogP contribution in [0, 0.1) is 5.92 Å². The molecular formula is C32H38N2O4S. The third kappa shape index (κ3) is 5.56. The van der Waals surface area contributed by atoms with Crippen LogP contribution in [0.4, 0.5) is 0 Å². The highest BCUT2D eigenvalue weighted by Crippen LogP contribution is 2.53. The monoisotopic (exact) mass is 546 g/mol. The molecule has 0 saturated heterocycles. The van der Waals surface area contributed by atoms with E-state index in [4.69, 9.17) is 4.74 Å². The Balaban J connectivity index is 1.99. The number of amides is 1. The quantitative estimate of drug-likeness (QED) is 0.333. The number of ether oxygens (including phenoxy) is 1. The summed E-state index contributed by atoms with van der Waals surface area (Å²) in [6.45, 7) is 11.2. The van der Waals surface area contributed by atoms with Crippen molar-refractivity contribution in [2.45, 2.75) is 70.4 Å². The van der Waals surface area contributed by atoms with E-state index < -0.39 is 45.3 Å². The minimum atomic E-state index is -1.47. The summed E-state index contributed by atoms with van der Waals surface area (Å²) in [5.74, 6) is -1.09. The second-order valence-electron chi connectivity index (χ2n) is 11.2. The second-order valence-corrected chi connectivity index (χ2v) is 13.2. The van der Waals surface area contributed by atoms with Gasteiger partial charge in [0.2, 0.25) is 0 Å². The van der Waals surface area contributed by atoms with E-state index in [-0.39, 0.29) is 12.3 Å². The van der Waals surface area contributed by atoms with Gasteiger partial charge in [-0.25, -0.2) is 8.93 Å². The Morgan fingerprint density at radius 3 is 1.87 bits per heavy atom. The van der Waals surface area contributed by atoms with Gasteiger partial charge in [-0.3, -0.25) is 9.59 Å². The van der Waals surface area contributed by atoms with Crippen molar-refractivity contribution < 1.29 is 18.5 Å². The van der Waals surface area contributed by atoms with E-state index in [1.54, 1.807) is 6.92 Å². The van der Waals surface area contributed by atoms with E-state index in [1.165, 1.54) is 0 Å². The average Bonchev–Trinajstić information content (AvgIpc) is 3.20. The maximum absolute atomic E-state index is 14.1. The van der Waals surface area contributed by atoms with E-state index in [0.29, 0.717) is 0 Å². The number of fused-ring (bicyclic) bond motifs is 3. The molecule has 0 radical (unpaired) electrons. The van der Waals surface area contributed by atoms with Crippen molar-refractivity contribution in [3.63, 3.8) is 0 Å². The lowest BCUT2D eigenvalue weighted by molar-refractivity contribution is -0.159. The summed E-state index contributed by atoms with van der Waals surface area (Å²) in [6.07, 6.45) is -0.815. The molecule has 2 N–H and O–H groups in total. The Morgan fingerprint density at radius 1 is 0.872 bits per heavy atom. The summed E-state index contributed by atoms with van der Waals surface area (Å²) in [7, 11) is -1.47. The van der Waals surface area contributed by atoms with Gasteiger partial charge in [-0.1, -0.05) is 99.6 Å². The zero-order valence-electron chi connectivity index (χ0n) is 23.5. The lowest BCUT2D eigenvalue weighted by Gasteiger charge is -2.42. The Kier molecular flexibility index (Phi) is 8.42. The topological polar surface area (TPSA) is 84.5 Å². The first-order valence-electron chi connectivity index (χ1n) is 13.4. The van der Waals surface area contributed by atoms with Gasteiger partial charge in [0.15, 0.2) is 6.10 Å². The molecule has 4 rings (SSSR count). The summed E-state index contributed by atoms with van der Waals surface area (Å²) >= 11 is 0. The van der Waals surface area contributed by atoms with Crippen molar-refractivity contribution in [1.29, 1.82) is 0 Å². The lowest BCUT2D eigenvalue weighted by Crippen LogP contribution is -2.58. The summed E-state index contributed by atoms with van der Waals surface area (Å²) in [5, 5.41) is 3.36. The van der Waals surface area contributed by atoms with Gasteiger partial charge in [-0.05, 0) is 54.5 Å². The molecule has 0 aromatic heterocycles. The molecule has 7 heteroatoms. The van der Waals surface area contributed by atoms with Crippen LogP contribution in [-0.2, 0) is 30.9 Å². The number of carbonyl (C=O) groups excluding carboxylic acids is 2. The Hall–Kier alpha value is -3.29. The van der Waals surface area contributed by atoms with Crippen molar-refractivity contribution in [1.82, 2.24) is 10.0 Å². The van der Waals surface area contributed by atoms with Crippen molar-refractivity contribution in [3.05, 3.63) is 95.6 Å². The van der Waals surface area contributed by atoms with Crippen molar-refractivity contribution >= 4 is 22.9 Å². The molecule has 3 aromatic carbocycles. The van der Waals surface area contributed by atoms with Crippen LogP contribution in [0.1, 0.15) is 70.7 Å². The third-order valence-corrected chi connectivity index (χ3v) is 8.63. The molecule has 0 spiro atoms. The normalized spacial score (nSPS) is 16.1. The van der Waals surface area contributed by atoms with E-state index in [2.05, 4.69) is 10.0 Å². The number of nitrogens with one attached hydrogen (secondary N) is 2. The highest BCUT2D eigenvalue weighted by Gasteiger charge is 2.52. The van der Waals surface area contributed by atoms with Crippen LogP contribution in [0.3, 0.4) is 0 Å². The predicted molar refractivity (Wildman–Crippen MR) is 156 cm³/mol.